The van der Waals surface area contributed by atoms with Crippen LogP contribution in [-0.2, 0) is 26.2 Å². The van der Waals surface area contributed by atoms with E-state index < -0.39 is 34.1 Å². The predicted molar refractivity (Wildman–Crippen MR) is 158 cm³/mol. The van der Waals surface area contributed by atoms with Crippen LogP contribution in [0.15, 0.2) is 83.8 Å². The number of methoxy groups -OCH3 is 1. The van der Waals surface area contributed by atoms with E-state index in [1.165, 1.54) is 17.0 Å². The zero-order valence-electron chi connectivity index (χ0n) is 23.4. The molecule has 10 heteroatoms. The van der Waals surface area contributed by atoms with Crippen LogP contribution >= 0.6 is 11.6 Å². The zero-order chi connectivity index (χ0) is 29.5. The molecule has 0 aromatic heterocycles. The van der Waals surface area contributed by atoms with Gasteiger partial charge in [0.2, 0.25) is 11.8 Å². The van der Waals surface area contributed by atoms with Crippen LogP contribution in [0.1, 0.15) is 39.7 Å². The quantitative estimate of drug-likeness (QED) is 0.331. The molecule has 40 heavy (non-hydrogen) atoms. The van der Waals surface area contributed by atoms with Crippen molar-refractivity contribution in [1.29, 1.82) is 0 Å². The third-order valence-corrected chi connectivity index (χ3v) is 8.20. The van der Waals surface area contributed by atoms with Crippen LogP contribution in [0.3, 0.4) is 0 Å². The molecule has 3 rings (SSSR count). The van der Waals surface area contributed by atoms with Gasteiger partial charge in [0, 0.05) is 12.1 Å². The Morgan fingerprint density at radius 3 is 2.23 bits per heavy atom. The predicted octanol–water partition coefficient (Wildman–Crippen LogP) is 5.27. The van der Waals surface area contributed by atoms with Crippen molar-refractivity contribution in [2.75, 3.05) is 18.0 Å². The molecule has 0 spiro atoms. The van der Waals surface area contributed by atoms with E-state index >= 15 is 0 Å². The van der Waals surface area contributed by atoms with E-state index in [1.807, 2.05) is 33.8 Å². The number of amides is 2. The van der Waals surface area contributed by atoms with E-state index in [2.05, 4.69) is 5.32 Å². The molecule has 8 nitrogen and oxygen atoms in total. The van der Waals surface area contributed by atoms with E-state index in [9.17, 15) is 18.0 Å². The number of halogens is 1. The summed E-state index contributed by atoms with van der Waals surface area (Å²) in [6.07, 6.45) is 0.315. The summed E-state index contributed by atoms with van der Waals surface area (Å²) in [7, 11) is -2.64. The van der Waals surface area contributed by atoms with Crippen LogP contribution in [0.2, 0.25) is 5.02 Å². The van der Waals surface area contributed by atoms with Crippen LogP contribution < -0.4 is 14.4 Å². The minimum absolute atomic E-state index is 0.0135. The lowest BCUT2D eigenvalue weighted by atomic mass is 10.1. The number of hydrogen-bond donors (Lipinski definition) is 1. The molecule has 0 unspecified atom stereocenters. The maximum atomic E-state index is 14.1. The molecule has 0 aliphatic carbocycles. The molecule has 0 saturated carbocycles. The standard InChI is InChI=1S/C30H36ClN3O5S/c1-6-26(29(36)32-30(2,3)4)33(20-22-13-12-14-23(19-22)39-5)28(35)21-34(27-18-11-10-17-25(27)31)40(37,38)24-15-8-7-9-16-24/h7-19,26H,6,20-21H2,1-5H3,(H,32,36)/t26-/m1/s1. The van der Waals surface area contributed by atoms with Gasteiger partial charge >= 0.3 is 0 Å². The van der Waals surface area contributed by atoms with Gasteiger partial charge in [-0.2, -0.15) is 0 Å². The average Bonchev–Trinajstić information content (AvgIpc) is 2.91. The van der Waals surface area contributed by atoms with Crippen LogP contribution in [0.5, 0.6) is 5.75 Å². The average molecular weight is 586 g/mol. The van der Waals surface area contributed by atoms with Crippen molar-refractivity contribution in [2.24, 2.45) is 0 Å². The summed E-state index contributed by atoms with van der Waals surface area (Å²) < 4.78 is 34.0. The highest BCUT2D eigenvalue weighted by Gasteiger charge is 2.35. The molecule has 1 atom stereocenters. The summed E-state index contributed by atoms with van der Waals surface area (Å²) >= 11 is 6.44. The minimum Gasteiger partial charge on any atom is -0.497 e. The first kappa shape index (κ1) is 31.0. The smallest absolute Gasteiger partial charge is 0.264 e. The summed E-state index contributed by atoms with van der Waals surface area (Å²) in [5.41, 5.74) is 0.356. The Labute approximate surface area is 241 Å². The topological polar surface area (TPSA) is 96.0 Å². The van der Waals surface area contributed by atoms with Crippen molar-refractivity contribution in [2.45, 2.75) is 57.1 Å². The third-order valence-electron chi connectivity index (χ3n) is 6.10. The number of anilines is 1. The fourth-order valence-electron chi connectivity index (χ4n) is 4.23. The number of nitrogens with zero attached hydrogens (tertiary/aromatic N) is 2. The van der Waals surface area contributed by atoms with Gasteiger partial charge in [0.15, 0.2) is 0 Å². The number of rotatable bonds is 11. The van der Waals surface area contributed by atoms with E-state index in [4.69, 9.17) is 16.3 Å². The number of carbonyl (C=O) groups is 2. The van der Waals surface area contributed by atoms with Gasteiger partial charge in [0.25, 0.3) is 10.0 Å². The van der Waals surface area contributed by atoms with Crippen molar-refractivity contribution in [3.8, 4) is 5.75 Å². The number of ether oxygens (including phenoxy) is 1. The Bertz CT molecular complexity index is 1420. The number of nitrogens with one attached hydrogen (secondary N) is 1. The van der Waals surface area contributed by atoms with Gasteiger partial charge in [-0.1, -0.05) is 61.0 Å². The summed E-state index contributed by atoms with van der Waals surface area (Å²) in [5.74, 6) is -0.291. The molecule has 0 saturated heterocycles. The summed E-state index contributed by atoms with van der Waals surface area (Å²) in [6.45, 7) is 6.88. The number of para-hydroxylation sites is 1. The second-order valence-electron chi connectivity index (χ2n) is 10.3. The summed E-state index contributed by atoms with van der Waals surface area (Å²) in [4.78, 5) is 28.9. The zero-order valence-corrected chi connectivity index (χ0v) is 25.0. The van der Waals surface area contributed by atoms with Crippen molar-refractivity contribution in [3.05, 3.63) is 89.4 Å². The Morgan fingerprint density at radius 1 is 0.975 bits per heavy atom. The molecule has 214 valence electrons. The highest BCUT2D eigenvalue weighted by Crippen LogP contribution is 2.31. The Hall–Kier alpha value is -3.56. The lowest BCUT2D eigenvalue weighted by molar-refractivity contribution is -0.141. The van der Waals surface area contributed by atoms with Gasteiger partial charge in [-0.3, -0.25) is 13.9 Å². The second kappa shape index (κ2) is 13.2. The van der Waals surface area contributed by atoms with Gasteiger partial charge < -0.3 is 15.0 Å². The lowest BCUT2D eigenvalue weighted by Gasteiger charge is -2.35. The Kier molecular flexibility index (Phi) is 10.2. The van der Waals surface area contributed by atoms with Crippen molar-refractivity contribution >= 4 is 39.1 Å². The normalized spacial score (nSPS) is 12.3. The summed E-state index contributed by atoms with van der Waals surface area (Å²) in [6, 6.07) is 20.6. The summed E-state index contributed by atoms with van der Waals surface area (Å²) in [5, 5.41) is 3.13. The molecular weight excluding hydrogens is 550 g/mol. The Morgan fingerprint density at radius 2 is 1.62 bits per heavy atom. The van der Waals surface area contributed by atoms with Gasteiger partial charge in [0.1, 0.15) is 18.3 Å². The second-order valence-corrected chi connectivity index (χ2v) is 12.6. The van der Waals surface area contributed by atoms with Crippen molar-refractivity contribution < 1.29 is 22.7 Å². The molecule has 0 bridgehead atoms. The van der Waals surface area contributed by atoms with E-state index in [0.717, 1.165) is 9.87 Å². The highest BCUT2D eigenvalue weighted by molar-refractivity contribution is 7.92. The SMILES string of the molecule is CC[C@H](C(=O)NC(C)(C)C)N(Cc1cccc(OC)c1)C(=O)CN(c1ccccc1Cl)S(=O)(=O)c1ccccc1. The monoisotopic (exact) mass is 585 g/mol. The molecule has 0 heterocycles. The van der Waals surface area contributed by atoms with E-state index in [0.29, 0.717) is 12.2 Å². The molecule has 0 fully saturated rings. The fourth-order valence-corrected chi connectivity index (χ4v) is 5.97. The van der Waals surface area contributed by atoms with Crippen LogP contribution in [0, 0.1) is 0 Å². The van der Waals surface area contributed by atoms with Gasteiger partial charge in [-0.25, -0.2) is 8.42 Å². The number of hydrogen-bond acceptors (Lipinski definition) is 5. The maximum absolute atomic E-state index is 14.1. The number of sulfonamides is 1. The first-order chi connectivity index (χ1) is 18.9. The third kappa shape index (κ3) is 7.76. The molecule has 2 amide bonds. The first-order valence-corrected chi connectivity index (χ1v) is 14.8. The molecule has 0 aliphatic rings. The largest absolute Gasteiger partial charge is 0.497 e. The molecular formula is C30H36ClN3O5S. The van der Waals surface area contributed by atoms with Gasteiger partial charge in [0.05, 0.1) is 22.7 Å². The number of carbonyl (C=O) groups excluding carboxylic acids is 2. The highest BCUT2D eigenvalue weighted by atomic mass is 35.5. The van der Waals surface area contributed by atoms with E-state index in [1.54, 1.807) is 67.8 Å². The van der Waals surface area contributed by atoms with Gasteiger partial charge in [-0.05, 0) is 69.2 Å². The molecule has 0 aliphatic heterocycles. The van der Waals surface area contributed by atoms with Crippen molar-refractivity contribution in [3.63, 3.8) is 0 Å². The maximum Gasteiger partial charge on any atom is 0.264 e. The van der Waals surface area contributed by atoms with Crippen LogP contribution in [0.4, 0.5) is 5.69 Å². The molecule has 1 N–H and O–H groups in total. The fraction of sp³-hybridized carbons (Fsp3) is 0.333. The molecule has 0 radical (unpaired) electrons. The molecule has 3 aromatic rings. The van der Waals surface area contributed by atoms with Crippen LogP contribution in [-0.4, -0.2) is 50.4 Å². The lowest BCUT2D eigenvalue weighted by Crippen LogP contribution is -2.55. The Balaban J connectivity index is 2.08. The van der Waals surface area contributed by atoms with E-state index in [-0.39, 0.29) is 28.1 Å². The minimum atomic E-state index is -4.19. The van der Waals surface area contributed by atoms with Gasteiger partial charge in [-0.15, -0.1) is 0 Å². The van der Waals surface area contributed by atoms with Crippen molar-refractivity contribution in [1.82, 2.24) is 10.2 Å². The number of benzene rings is 3. The molecule has 3 aromatic carbocycles. The first-order valence-electron chi connectivity index (χ1n) is 12.9. The van der Waals surface area contributed by atoms with Crippen LogP contribution in [0.25, 0.3) is 0 Å².